The van der Waals surface area contributed by atoms with Crippen molar-refractivity contribution in [2.24, 2.45) is 4.40 Å². The van der Waals surface area contributed by atoms with Crippen LogP contribution in [0.3, 0.4) is 0 Å². The molecule has 3 rings (SSSR count). The van der Waals surface area contributed by atoms with Crippen LogP contribution < -0.4 is 0 Å². The Hall–Kier alpha value is -2.60. The van der Waals surface area contributed by atoms with Gasteiger partial charge in [-0.3, -0.25) is 0 Å². The summed E-state index contributed by atoms with van der Waals surface area (Å²) in [5.74, 6) is -2.34. The van der Waals surface area contributed by atoms with Crippen LogP contribution >= 0.6 is 0 Å². The minimum atomic E-state index is -4.12. The minimum absolute atomic E-state index is 0.393. The van der Waals surface area contributed by atoms with Gasteiger partial charge in [0, 0.05) is 11.8 Å². The van der Waals surface area contributed by atoms with Gasteiger partial charge in [-0.25, -0.2) is 8.78 Å². The zero-order chi connectivity index (χ0) is 17.3. The Labute approximate surface area is 138 Å². The number of aryl methyl sites for hydroxylation is 1. The highest BCUT2D eigenvalue weighted by Gasteiger charge is 2.15. The average Bonchev–Trinajstić information content (AvgIpc) is 2.56. The van der Waals surface area contributed by atoms with E-state index in [1.54, 1.807) is 0 Å². The molecule has 122 valence electrons. The predicted octanol–water partition coefficient (Wildman–Crippen LogP) is 4.23. The summed E-state index contributed by atoms with van der Waals surface area (Å²) in [6.45, 7) is 1.85. The smallest absolute Gasteiger partial charge is 0.204 e. The quantitative estimate of drug-likeness (QED) is 0.667. The van der Waals surface area contributed by atoms with Gasteiger partial charge in [-0.15, -0.1) is 0 Å². The van der Waals surface area contributed by atoms with E-state index in [1.807, 2.05) is 43.3 Å². The molecule has 6 heteroatoms. The van der Waals surface area contributed by atoms with E-state index in [4.69, 9.17) is 0 Å². The molecule has 0 N–H and O–H groups in total. The fourth-order valence-electron chi connectivity index (χ4n) is 2.40. The highest BCUT2D eigenvalue weighted by molar-refractivity contribution is 7.90. The molecular formula is C18H13F2NO2S. The van der Waals surface area contributed by atoms with E-state index in [2.05, 4.69) is 4.40 Å². The molecule has 0 amide bonds. The first-order chi connectivity index (χ1) is 11.4. The monoisotopic (exact) mass is 345 g/mol. The molecule has 0 aromatic heterocycles. The van der Waals surface area contributed by atoms with Gasteiger partial charge in [-0.05, 0) is 41.5 Å². The summed E-state index contributed by atoms with van der Waals surface area (Å²) in [5.41, 5.74) is 1.53. The van der Waals surface area contributed by atoms with Crippen molar-refractivity contribution >= 4 is 27.0 Å². The Morgan fingerprint density at radius 3 is 2.46 bits per heavy atom. The number of halogens is 2. The summed E-state index contributed by atoms with van der Waals surface area (Å²) < 4.78 is 54.3. The first-order valence-corrected chi connectivity index (χ1v) is 8.56. The molecule has 0 bridgehead atoms. The first-order valence-electron chi connectivity index (χ1n) is 7.12. The molecule has 0 aliphatic heterocycles. The molecule has 0 heterocycles. The fourth-order valence-corrected chi connectivity index (χ4v) is 3.25. The van der Waals surface area contributed by atoms with E-state index in [-0.39, 0.29) is 0 Å². The van der Waals surface area contributed by atoms with Crippen LogP contribution in [0, 0.1) is 18.6 Å². The molecule has 0 spiro atoms. The summed E-state index contributed by atoms with van der Waals surface area (Å²) in [6.07, 6.45) is 1.24. The molecule has 0 radical (unpaired) electrons. The van der Waals surface area contributed by atoms with Gasteiger partial charge in [0.25, 0.3) is 10.0 Å². The second-order valence-electron chi connectivity index (χ2n) is 5.30. The summed E-state index contributed by atoms with van der Waals surface area (Å²) >= 11 is 0. The second-order valence-corrected chi connectivity index (χ2v) is 6.94. The lowest BCUT2D eigenvalue weighted by molar-refractivity contribution is 0.504. The summed E-state index contributed by atoms with van der Waals surface area (Å²) in [4.78, 5) is -0.393. The average molecular weight is 345 g/mol. The standard InChI is InChI=1S/C18H13F2NO2S/c1-12-6-7-13-4-2-3-5-15(13)16(12)11-21-24(22,23)14-8-9-17(19)18(20)10-14/h2-11H,1H3. The zero-order valence-corrected chi connectivity index (χ0v) is 13.5. The van der Waals surface area contributed by atoms with Gasteiger partial charge >= 0.3 is 0 Å². The van der Waals surface area contributed by atoms with Crippen molar-refractivity contribution in [3.63, 3.8) is 0 Å². The van der Waals surface area contributed by atoms with Crippen LogP contribution in [0.2, 0.25) is 0 Å². The summed E-state index contributed by atoms with van der Waals surface area (Å²) in [6, 6.07) is 13.7. The predicted molar refractivity (Wildman–Crippen MR) is 89.8 cm³/mol. The van der Waals surface area contributed by atoms with E-state index < -0.39 is 26.6 Å². The Bertz CT molecular complexity index is 1060. The van der Waals surface area contributed by atoms with E-state index in [9.17, 15) is 17.2 Å². The SMILES string of the molecule is Cc1ccc2ccccc2c1C=NS(=O)(=O)c1ccc(F)c(F)c1. The molecule has 0 aliphatic carbocycles. The topological polar surface area (TPSA) is 46.5 Å². The van der Waals surface area contributed by atoms with Crippen molar-refractivity contribution in [2.75, 3.05) is 0 Å². The van der Waals surface area contributed by atoms with Crippen molar-refractivity contribution in [2.45, 2.75) is 11.8 Å². The van der Waals surface area contributed by atoms with Crippen LogP contribution in [0.5, 0.6) is 0 Å². The summed E-state index contributed by atoms with van der Waals surface area (Å²) in [7, 11) is -4.12. The molecule has 0 atom stereocenters. The Kier molecular flexibility index (Phi) is 4.15. The molecule has 3 nitrogen and oxygen atoms in total. The number of nitrogens with zero attached hydrogens (tertiary/aromatic N) is 1. The lowest BCUT2D eigenvalue weighted by Gasteiger charge is -2.06. The van der Waals surface area contributed by atoms with Gasteiger partial charge in [0.15, 0.2) is 11.6 Å². The van der Waals surface area contributed by atoms with Crippen LogP contribution in [0.4, 0.5) is 8.78 Å². The maximum absolute atomic E-state index is 13.3. The third kappa shape index (κ3) is 3.05. The largest absolute Gasteiger partial charge is 0.282 e. The molecule has 0 unspecified atom stereocenters. The van der Waals surface area contributed by atoms with Gasteiger partial charge in [0.1, 0.15) is 0 Å². The highest BCUT2D eigenvalue weighted by atomic mass is 32.2. The molecular weight excluding hydrogens is 332 g/mol. The van der Waals surface area contributed by atoms with Crippen LogP contribution in [0.25, 0.3) is 10.8 Å². The lowest BCUT2D eigenvalue weighted by Crippen LogP contribution is -2.00. The maximum atomic E-state index is 13.3. The van der Waals surface area contributed by atoms with Crippen LogP contribution in [0.15, 0.2) is 63.9 Å². The van der Waals surface area contributed by atoms with E-state index in [0.29, 0.717) is 11.6 Å². The first kappa shape index (κ1) is 16.3. The third-order valence-corrected chi connectivity index (χ3v) is 4.93. The van der Waals surface area contributed by atoms with Crippen LogP contribution in [-0.4, -0.2) is 14.6 Å². The Morgan fingerprint density at radius 1 is 0.958 bits per heavy atom. The van der Waals surface area contributed by atoms with Gasteiger partial charge in [-0.2, -0.15) is 12.8 Å². The van der Waals surface area contributed by atoms with Crippen LogP contribution in [-0.2, 0) is 10.0 Å². The van der Waals surface area contributed by atoms with Gasteiger partial charge in [0.05, 0.1) is 4.90 Å². The normalized spacial score (nSPS) is 12.1. The van der Waals surface area contributed by atoms with E-state index in [1.165, 1.54) is 6.21 Å². The zero-order valence-electron chi connectivity index (χ0n) is 12.7. The number of sulfonamides is 1. The molecule has 24 heavy (non-hydrogen) atoms. The van der Waals surface area contributed by atoms with Crippen molar-refractivity contribution < 1.29 is 17.2 Å². The molecule has 0 saturated carbocycles. The third-order valence-electron chi connectivity index (χ3n) is 3.70. The van der Waals surface area contributed by atoms with Crippen molar-refractivity contribution in [3.8, 4) is 0 Å². The number of hydrogen-bond donors (Lipinski definition) is 0. The molecule has 0 saturated heterocycles. The van der Waals surface area contributed by atoms with Crippen molar-refractivity contribution in [1.29, 1.82) is 0 Å². The van der Waals surface area contributed by atoms with E-state index >= 15 is 0 Å². The number of fused-ring (bicyclic) bond motifs is 1. The van der Waals surface area contributed by atoms with Gasteiger partial charge in [0.2, 0.25) is 0 Å². The highest BCUT2D eigenvalue weighted by Crippen LogP contribution is 2.22. The Balaban J connectivity index is 2.07. The minimum Gasteiger partial charge on any atom is -0.204 e. The molecule has 0 fully saturated rings. The van der Waals surface area contributed by atoms with Gasteiger partial charge < -0.3 is 0 Å². The van der Waals surface area contributed by atoms with E-state index in [0.717, 1.165) is 28.5 Å². The molecule has 0 aliphatic rings. The van der Waals surface area contributed by atoms with Crippen molar-refractivity contribution in [1.82, 2.24) is 0 Å². The number of benzene rings is 3. The molecule has 3 aromatic rings. The number of hydrogen-bond acceptors (Lipinski definition) is 2. The fraction of sp³-hybridized carbons (Fsp3) is 0.0556. The summed E-state index contributed by atoms with van der Waals surface area (Å²) in [5, 5.41) is 1.82. The second kappa shape index (κ2) is 6.13. The van der Waals surface area contributed by atoms with Crippen molar-refractivity contribution in [3.05, 3.63) is 77.4 Å². The lowest BCUT2D eigenvalue weighted by atomic mass is 10.0. The Morgan fingerprint density at radius 2 is 1.71 bits per heavy atom. The van der Waals surface area contributed by atoms with Gasteiger partial charge in [-0.1, -0.05) is 36.4 Å². The maximum Gasteiger partial charge on any atom is 0.282 e. The molecule has 3 aromatic carbocycles. The van der Waals surface area contributed by atoms with Crippen LogP contribution in [0.1, 0.15) is 11.1 Å². The number of rotatable bonds is 3.